The molecule has 17 heavy (non-hydrogen) atoms. The minimum absolute atomic E-state index is 0.592. The molecule has 0 saturated carbocycles. The van der Waals surface area contributed by atoms with Gasteiger partial charge < -0.3 is 4.57 Å². The lowest BCUT2D eigenvalue weighted by atomic mass is 10.3. The number of hydrogen-bond donors (Lipinski definition) is 0. The fourth-order valence-corrected chi connectivity index (χ4v) is 12.0. The predicted octanol–water partition coefficient (Wildman–Crippen LogP) is 3.08. The Balaban J connectivity index is 3.37. The van der Waals surface area contributed by atoms with E-state index in [0.29, 0.717) is 15.7 Å². The molecular formula is C11H17O3PS2. The van der Waals surface area contributed by atoms with E-state index in [1.54, 1.807) is 45.0 Å². The first kappa shape index (κ1) is 14.8. The van der Waals surface area contributed by atoms with E-state index in [9.17, 15) is 13.0 Å². The molecule has 0 amide bonds. The van der Waals surface area contributed by atoms with E-state index < -0.39 is 20.4 Å². The molecule has 1 aromatic rings. The molecule has 0 radical (unpaired) electrons. The van der Waals surface area contributed by atoms with Crippen LogP contribution in [0.4, 0.5) is 0 Å². The highest BCUT2D eigenvalue weighted by atomic mass is 33.4. The van der Waals surface area contributed by atoms with Crippen molar-refractivity contribution in [3.8, 4) is 0 Å². The lowest BCUT2D eigenvalue weighted by Crippen LogP contribution is -2.21. The van der Waals surface area contributed by atoms with Gasteiger partial charge in [0, 0.05) is 27.1 Å². The standard InChI is InChI=1S/C11H17O3PS2/c1-11(2,3)15(12,16-17(4,13)14)10-8-6-5-7-9-10/h5-9H,1-4H3. The highest BCUT2D eigenvalue weighted by Gasteiger charge is 2.42. The predicted molar refractivity (Wildman–Crippen MR) is 75.9 cm³/mol. The first-order valence-corrected chi connectivity index (χ1v) is 10.7. The topological polar surface area (TPSA) is 51.2 Å². The third-order valence-electron chi connectivity index (χ3n) is 2.22. The molecule has 0 bridgehead atoms. The van der Waals surface area contributed by atoms with Gasteiger partial charge in [-0.15, -0.1) is 0 Å². The summed E-state index contributed by atoms with van der Waals surface area (Å²) in [4.78, 5) is 0. The van der Waals surface area contributed by atoms with Gasteiger partial charge in [0.05, 0.1) is 0 Å². The molecule has 1 atom stereocenters. The maximum absolute atomic E-state index is 13.0. The zero-order chi connectivity index (χ0) is 13.3. The molecule has 0 aromatic heterocycles. The van der Waals surface area contributed by atoms with Gasteiger partial charge >= 0.3 is 0 Å². The third-order valence-corrected chi connectivity index (χ3v) is 13.5. The zero-order valence-electron chi connectivity index (χ0n) is 10.4. The van der Waals surface area contributed by atoms with Gasteiger partial charge in [0.1, 0.15) is 0 Å². The SMILES string of the molecule is CC(C)(C)P(=O)(SS(C)(=O)=O)c1ccccc1. The minimum atomic E-state index is -3.36. The van der Waals surface area contributed by atoms with Crippen LogP contribution in [-0.4, -0.2) is 19.8 Å². The molecule has 0 fully saturated rings. The molecule has 0 N–H and O–H groups in total. The van der Waals surface area contributed by atoms with Crippen LogP contribution in [0, 0.1) is 0 Å². The van der Waals surface area contributed by atoms with Crippen LogP contribution in [0.1, 0.15) is 20.8 Å². The maximum Gasteiger partial charge on any atom is 0.205 e. The molecule has 1 aromatic carbocycles. The van der Waals surface area contributed by atoms with Gasteiger partial charge in [0.25, 0.3) is 0 Å². The van der Waals surface area contributed by atoms with Crippen molar-refractivity contribution in [3.63, 3.8) is 0 Å². The van der Waals surface area contributed by atoms with Gasteiger partial charge in [-0.05, 0) is 0 Å². The monoisotopic (exact) mass is 292 g/mol. The maximum atomic E-state index is 13.0. The van der Waals surface area contributed by atoms with Crippen LogP contribution in [0.25, 0.3) is 0 Å². The van der Waals surface area contributed by atoms with Crippen molar-refractivity contribution in [2.75, 3.05) is 6.26 Å². The summed E-state index contributed by atoms with van der Waals surface area (Å²) in [5.41, 5.74) is 0. The Morgan fingerprint density at radius 2 is 1.59 bits per heavy atom. The fraction of sp³-hybridized carbons (Fsp3) is 0.455. The Morgan fingerprint density at radius 1 is 1.12 bits per heavy atom. The van der Waals surface area contributed by atoms with Gasteiger partial charge in [-0.25, -0.2) is 8.42 Å². The average Bonchev–Trinajstić information content (AvgIpc) is 2.14. The number of hydrogen-bond acceptors (Lipinski definition) is 4. The molecule has 96 valence electrons. The second kappa shape index (κ2) is 4.79. The first-order chi connectivity index (χ1) is 7.56. The van der Waals surface area contributed by atoms with Gasteiger partial charge in [-0.1, -0.05) is 51.1 Å². The summed E-state index contributed by atoms with van der Waals surface area (Å²) >= 11 is 0. The van der Waals surface area contributed by atoms with E-state index in [-0.39, 0.29) is 0 Å². The van der Waals surface area contributed by atoms with E-state index in [1.165, 1.54) is 0 Å². The summed E-state index contributed by atoms with van der Waals surface area (Å²) in [6.45, 7) is 5.41. The Kier molecular flexibility index (Phi) is 4.17. The summed E-state index contributed by atoms with van der Waals surface area (Å²) in [5, 5.41) is 0.00479. The molecule has 0 spiro atoms. The molecule has 1 rings (SSSR count). The van der Waals surface area contributed by atoms with Crippen molar-refractivity contribution in [1.29, 1.82) is 0 Å². The molecule has 0 aliphatic rings. The minimum Gasteiger partial charge on any atom is -0.306 e. The summed E-state index contributed by atoms with van der Waals surface area (Å²) in [6.07, 6.45) is -1.95. The van der Waals surface area contributed by atoms with Gasteiger partial charge in [-0.2, -0.15) is 0 Å². The van der Waals surface area contributed by atoms with Crippen molar-refractivity contribution in [2.24, 2.45) is 0 Å². The first-order valence-electron chi connectivity index (χ1n) is 5.13. The van der Waals surface area contributed by atoms with Crippen molar-refractivity contribution in [2.45, 2.75) is 25.9 Å². The van der Waals surface area contributed by atoms with Crippen LogP contribution in [0.5, 0.6) is 0 Å². The molecule has 0 saturated heterocycles. The number of rotatable bonds is 3. The van der Waals surface area contributed by atoms with Gasteiger partial charge in [-0.3, -0.25) is 0 Å². The van der Waals surface area contributed by atoms with Crippen molar-refractivity contribution in [1.82, 2.24) is 0 Å². The van der Waals surface area contributed by atoms with Crippen molar-refractivity contribution < 1.29 is 13.0 Å². The molecular weight excluding hydrogens is 275 g/mol. The third kappa shape index (κ3) is 3.60. The average molecular weight is 292 g/mol. The Hall–Kier alpha value is -0.250. The van der Waals surface area contributed by atoms with Gasteiger partial charge in [0.15, 0.2) is 6.34 Å². The van der Waals surface area contributed by atoms with Crippen LogP contribution in [0.3, 0.4) is 0 Å². The number of benzene rings is 1. The summed E-state index contributed by atoms with van der Waals surface area (Å²) < 4.78 is 36.0. The van der Waals surface area contributed by atoms with Crippen LogP contribution in [-0.2, 0) is 13.4 Å². The van der Waals surface area contributed by atoms with Crippen molar-refractivity contribution >= 4 is 30.9 Å². The molecule has 0 aliphatic heterocycles. The van der Waals surface area contributed by atoms with Crippen LogP contribution >= 0.6 is 16.8 Å². The van der Waals surface area contributed by atoms with E-state index in [0.717, 1.165) is 6.26 Å². The Labute approximate surface area is 106 Å². The smallest absolute Gasteiger partial charge is 0.205 e. The second-order valence-corrected chi connectivity index (χ2v) is 14.5. The molecule has 0 heterocycles. The van der Waals surface area contributed by atoms with E-state index in [4.69, 9.17) is 0 Å². The molecule has 0 aliphatic carbocycles. The van der Waals surface area contributed by atoms with Crippen LogP contribution in [0.15, 0.2) is 30.3 Å². The fourth-order valence-electron chi connectivity index (χ4n) is 1.36. The molecule has 1 unspecified atom stereocenters. The molecule has 3 nitrogen and oxygen atoms in total. The summed E-state index contributed by atoms with van der Waals surface area (Å²) in [7, 11) is -2.77. The van der Waals surface area contributed by atoms with Gasteiger partial charge in [0.2, 0.25) is 8.87 Å². The highest BCUT2D eigenvalue weighted by Crippen LogP contribution is 2.68. The zero-order valence-corrected chi connectivity index (χ0v) is 12.9. The van der Waals surface area contributed by atoms with E-state index >= 15 is 0 Å². The normalized spacial score (nSPS) is 16.5. The summed E-state index contributed by atoms with van der Waals surface area (Å²) in [6, 6.07) is 8.82. The van der Waals surface area contributed by atoms with E-state index in [2.05, 4.69) is 0 Å². The Bertz CT molecular complexity index is 530. The lowest BCUT2D eigenvalue weighted by Gasteiger charge is -2.29. The second-order valence-electron chi connectivity index (χ2n) is 4.84. The largest absolute Gasteiger partial charge is 0.306 e. The molecule has 6 heteroatoms. The van der Waals surface area contributed by atoms with E-state index in [1.807, 2.05) is 6.07 Å². The highest BCUT2D eigenvalue weighted by molar-refractivity contribution is 8.97. The van der Waals surface area contributed by atoms with Crippen LogP contribution in [0.2, 0.25) is 0 Å². The quantitative estimate of drug-likeness (QED) is 0.634. The van der Waals surface area contributed by atoms with Crippen molar-refractivity contribution in [3.05, 3.63) is 30.3 Å². The summed E-state index contributed by atoms with van der Waals surface area (Å²) in [5.74, 6) is 0. The lowest BCUT2D eigenvalue weighted by molar-refractivity contribution is 0.568. The van der Waals surface area contributed by atoms with Crippen LogP contribution < -0.4 is 5.30 Å². The Morgan fingerprint density at radius 3 is 1.94 bits per heavy atom.